The van der Waals surface area contributed by atoms with Crippen molar-refractivity contribution < 1.29 is 19.1 Å². The second kappa shape index (κ2) is 9.51. The number of benzene rings is 1. The van der Waals surface area contributed by atoms with Crippen LogP contribution < -0.4 is 30.6 Å². The minimum absolute atomic E-state index is 0.142. The van der Waals surface area contributed by atoms with Crippen LogP contribution in [0.5, 0.6) is 11.5 Å². The first-order valence-corrected chi connectivity index (χ1v) is 11.2. The summed E-state index contributed by atoms with van der Waals surface area (Å²) in [5.74, 6) is -0.313. The molecule has 10 heteroatoms. The van der Waals surface area contributed by atoms with Crippen LogP contribution >= 0.6 is 0 Å². The van der Waals surface area contributed by atoms with Crippen molar-refractivity contribution in [2.45, 2.75) is 51.0 Å². The lowest BCUT2D eigenvalue weighted by molar-refractivity contribution is -0.123. The Balaban J connectivity index is 1.67. The van der Waals surface area contributed by atoms with Crippen LogP contribution in [0, 0.1) is 0 Å². The molecule has 4 rings (SSSR count). The van der Waals surface area contributed by atoms with E-state index in [9.17, 15) is 14.4 Å². The first-order chi connectivity index (χ1) is 15.9. The van der Waals surface area contributed by atoms with Gasteiger partial charge in [-0.25, -0.2) is 0 Å². The van der Waals surface area contributed by atoms with Gasteiger partial charge >= 0.3 is 0 Å². The number of carbonyl (C=O) groups excluding carboxylic acids is 2. The molecule has 2 amide bonds. The van der Waals surface area contributed by atoms with E-state index in [1.807, 2.05) is 0 Å². The minimum atomic E-state index is -0.988. The molecule has 3 N–H and O–H groups in total. The number of nitrogens with one attached hydrogen (secondary N) is 3. The standard InChI is InChI=1S/C23H29N5O5/c1-4-13-7-5-6-10-28(13)23-26-20-19(22(31)27-23)15(12-18(29)25-20)21(30)24-16-11-14(32-2)8-9-17(16)33-3/h8-9,11,13,15H,4-7,10,12H2,1-3H3,(H,24,30)(H2,25,26,27,29,31). The van der Waals surface area contributed by atoms with E-state index in [1.54, 1.807) is 18.2 Å². The SMILES string of the molecule is CCC1CCCCN1c1nc2c(c(=O)[nH]1)C(C(=O)Nc1cc(OC)ccc1OC)CC(=O)N2. The molecule has 2 aliphatic rings. The van der Waals surface area contributed by atoms with E-state index in [1.165, 1.54) is 14.2 Å². The highest BCUT2D eigenvalue weighted by molar-refractivity contribution is 6.05. The van der Waals surface area contributed by atoms with Gasteiger partial charge in [-0.2, -0.15) is 4.98 Å². The summed E-state index contributed by atoms with van der Waals surface area (Å²) < 4.78 is 10.5. The van der Waals surface area contributed by atoms with Gasteiger partial charge in [0.25, 0.3) is 5.56 Å². The first kappa shape index (κ1) is 22.6. The number of methoxy groups -OCH3 is 2. The molecule has 1 aromatic heterocycles. The number of aromatic amines is 1. The molecule has 176 valence electrons. The molecule has 2 unspecified atom stereocenters. The Morgan fingerprint density at radius 1 is 1.24 bits per heavy atom. The predicted molar refractivity (Wildman–Crippen MR) is 124 cm³/mol. The van der Waals surface area contributed by atoms with E-state index in [0.717, 1.165) is 32.2 Å². The first-order valence-electron chi connectivity index (χ1n) is 11.2. The number of carbonyl (C=O) groups is 2. The van der Waals surface area contributed by atoms with Crippen molar-refractivity contribution in [1.82, 2.24) is 9.97 Å². The van der Waals surface area contributed by atoms with Crippen LogP contribution in [-0.2, 0) is 9.59 Å². The molecule has 2 aromatic rings. The van der Waals surface area contributed by atoms with Crippen molar-refractivity contribution in [1.29, 1.82) is 0 Å². The van der Waals surface area contributed by atoms with Crippen molar-refractivity contribution in [3.63, 3.8) is 0 Å². The Bertz CT molecular complexity index is 1110. The van der Waals surface area contributed by atoms with Crippen LogP contribution in [0.15, 0.2) is 23.0 Å². The van der Waals surface area contributed by atoms with Crippen molar-refractivity contribution in [3.05, 3.63) is 34.1 Å². The van der Waals surface area contributed by atoms with Crippen LogP contribution in [-0.4, -0.2) is 48.6 Å². The molecule has 3 heterocycles. The highest BCUT2D eigenvalue weighted by Crippen LogP contribution is 2.34. The van der Waals surface area contributed by atoms with Gasteiger partial charge in [-0.3, -0.25) is 19.4 Å². The number of anilines is 3. The van der Waals surface area contributed by atoms with Gasteiger partial charge in [0, 0.05) is 25.1 Å². The van der Waals surface area contributed by atoms with Crippen LogP contribution in [0.25, 0.3) is 0 Å². The molecule has 1 fully saturated rings. The van der Waals surface area contributed by atoms with Gasteiger partial charge in [0.1, 0.15) is 17.3 Å². The van der Waals surface area contributed by atoms with Crippen LogP contribution in [0.4, 0.5) is 17.5 Å². The highest BCUT2D eigenvalue weighted by atomic mass is 16.5. The minimum Gasteiger partial charge on any atom is -0.497 e. The number of rotatable bonds is 6. The Morgan fingerprint density at radius 3 is 2.79 bits per heavy atom. The van der Waals surface area contributed by atoms with E-state index in [-0.39, 0.29) is 29.8 Å². The quantitative estimate of drug-likeness (QED) is 0.611. The van der Waals surface area contributed by atoms with Gasteiger partial charge in [0.05, 0.1) is 31.4 Å². The maximum atomic E-state index is 13.2. The number of fused-ring (bicyclic) bond motifs is 1. The number of nitrogens with zero attached hydrogens (tertiary/aromatic N) is 2. The van der Waals surface area contributed by atoms with E-state index in [2.05, 4.69) is 32.4 Å². The van der Waals surface area contributed by atoms with Crippen LogP contribution in [0.1, 0.15) is 50.5 Å². The molecule has 0 radical (unpaired) electrons. The predicted octanol–water partition coefficient (Wildman–Crippen LogP) is 2.62. The van der Waals surface area contributed by atoms with Crippen molar-refractivity contribution in [2.75, 3.05) is 36.3 Å². The average molecular weight is 456 g/mol. The molecule has 2 aliphatic heterocycles. The summed E-state index contributed by atoms with van der Waals surface area (Å²) in [6.07, 6.45) is 3.95. The lowest BCUT2D eigenvalue weighted by Gasteiger charge is -2.36. The van der Waals surface area contributed by atoms with Crippen LogP contribution in [0.3, 0.4) is 0 Å². The molecular weight excluding hydrogens is 426 g/mol. The Kier molecular flexibility index (Phi) is 6.52. The van der Waals surface area contributed by atoms with Gasteiger partial charge in [-0.05, 0) is 37.8 Å². The summed E-state index contributed by atoms with van der Waals surface area (Å²) in [6.45, 7) is 2.89. The van der Waals surface area contributed by atoms with E-state index >= 15 is 0 Å². The maximum Gasteiger partial charge on any atom is 0.258 e. The molecule has 2 atom stereocenters. The van der Waals surface area contributed by atoms with E-state index in [4.69, 9.17) is 9.47 Å². The molecule has 1 aromatic carbocycles. The molecular formula is C23H29N5O5. The summed E-state index contributed by atoms with van der Waals surface area (Å²) in [5.41, 5.74) is 0.116. The third kappa shape index (κ3) is 4.50. The van der Waals surface area contributed by atoms with E-state index in [0.29, 0.717) is 23.1 Å². The Morgan fingerprint density at radius 2 is 2.06 bits per heavy atom. The fraction of sp³-hybridized carbons (Fsp3) is 0.478. The number of H-pyrrole nitrogens is 1. The normalized spacial score (nSPS) is 20.0. The number of aromatic nitrogens is 2. The smallest absolute Gasteiger partial charge is 0.258 e. The zero-order valence-corrected chi connectivity index (χ0v) is 19.1. The summed E-state index contributed by atoms with van der Waals surface area (Å²) in [6, 6.07) is 5.27. The second-order valence-electron chi connectivity index (χ2n) is 8.26. The molecule has 0 saturated carbocycles. The second-order valence-corrected chi connectivity index (χ2v) is 8.26. The van der Waals surface area contributed by atoms with Crippen molar-refractivity contribution in [3.8, 4) is 11.5 Å². The number of ether oxygens (including phenoxy) is 2. The number of piperidine rings is 1. The average Bonchev–Trinajstić information content (AvgIpc) is 2.82. The zero-order chi connectivity index (χ0) is 23.5. The van der Waals surface area contributed by atoms with Gasteiger partial charge < -0.3 is 25.0 Å². The van der Waals surface area contributed by atoms with Crippen molar-refractivity contribution >= 4 is 29.3 Å². The summed E-state index contributed by atoms with van der Waals surface area (Å²) in [7, 11) is 3.00. The topological polar surface area (TPSA) is 126 Å². The molecule has 10 nitrogen and oxygen atoms in total. The van der Waals surface area contributed by atoms with Crippen LogP contribution in [0.2, 0.25) is 0 Å². The van der Waals surface area contributed by atoms with Gasteiger partial charge in [0.15, 0.2) is 0 Å². The third-order valence-electron chi connectivity index (χ3n) is 6.29. The van der Waals surface area contributed by atoms with Gasteiger partial charge in [0.2, 0.25) is 17.8 Å². The molecule has 0 aliphatic carbocycles. The molecule has 1 saturated heterocycles. The molecule has 0 bridgehead atoms. The number of amides is 2. The summed E-state index contributed by atoms with van der Waals surface area (Å²) >= 11 is 0. The lowest BCUT2D eigenvalue weighted by atomic mass is 9.92. The number of hydrogen-bond acceptors (Lipinski definition) is 7. The monoisotopic (exact) mass is 455 g/mol. The molecule has 0 spiro atoms. The van der Waals surface area contributed by atoms with Gasteiger partial charge in [-0.15, -0.1) is 0 Å². The molecule has 33 heavy (non-hydrogen) atoms. The Hall–Kier alpha value is -3.56. The fourth-order valence-electron chi connectivity index (χ4n) is 4.55. The van der Waals surface area contributed by atoms with Gasteiger partial charge in [-0.1, -0.05) is 6.92 Å². The fourth-order valence-corrected chi connectivity index (χ4v) is 4.55. The highest BCUT2D eigenvalue weighted by Gasteiger charge is 2.36. The largest absolute Gasteiger partial charge is 0.497 e. The third-order valence-corrected chi connectivity index (χ3v) is 6.29. The number of hydrogen-bond donors (Lipinski definition) is 3. The Labute approximate surface area is 191 Å². The van der Waals surface area contributed by atoms with E-state index < -0.39 is 17.4 Å². The summed E-state index contributed by atoms with van der Waals surface area (Å²) in [4.78, 5) is 48.3. The lowest BCUT2D eigenvalue weighted by Crippen LogP contribution is -2.43. The summed E-state index contributed by atoms with van der Waals surface area (Å²) in [5, 5.41) is 5.45. The van der Waals surface area contributed by atoms with Crippen molar-refractivity contribution in [2.24, 2.45) is 0 Å². The maximum absolute atomic E-state index is 13.2. The zero-order valence-electron chi connectivity index (χ0n) is 19.1.